The summed E-state index contributed by atoms with van der Waals surface area (Å²) < 4.78 is 5.31. The molecule has 2 N–H and O–H groups in total. The lowest BCUT2D eigenvalue weighted by Gasteiger charge is -2.11. The van der Waals surface area contributed by atoms with Crippen LogP contribution in [0, 0.1) is 0 Å². The topological polar surface area (TPSA) is 67.0 Å². The predicted molar refractivity (Wildman–Crippen MR) is 84.1 cm³/mol. The monoisotopic (exact) mass is 293 g/mol. The van der Waals surface area contributed by atoms with Crippen LogP contribution in [-0.4, -0.2) is 29.5 Å². The molecule has 3 aromatic rings. The number of aromatic nitrogens is 2. The number of aromatic amines is 1. The molecule has 5 heteroatoms. The Balaban J connectivity index is 1.92. The van der Waals surface area contributed by atoms with Crippen LogP contribution in [0.15, 0.2) is 36.5 Å². The number of pyridine rings is 1. The molecule has 0 unspecified atom stereocenters. The van der Waals surface area contributed by atoms with Crippen LogP contribution in [0.1, 0.15) is 16.1 Å². The van der Waals surface area contributed by atoms with Gasteiger partial charge in [-0.05, 0) is 30.3 Å². The van der Waals surface area contributed by atoms with Crippen LogP contribution in [-0.2, 0) is 6.42 Å². The fourth-order valence-corrected chi connectivity index (χ4v) is 2.93. The number of methoxy groups -OCH3 is 1. The Labute approximate surface area is 127 Å². The van der Waals surface area contributed by atoms with Crippen molar-refractivity contribution in [2.75, 3.05) is 13.7 Å². The second-order valence-corrected chi connectivity index (χ2v) is 5.32. The second-order valence-electron chi connectivity index (χ2n) is 5.32. The number of amides is 1. The summed E-state index contributed by atoms with van der Waals surface area (Å²) in [5.41, 5.74) is 4.57. The third-order valence-electron chi connectivity index (χ3n) is 4.04. The van der Waals surface area contributed by atoms with Gasteiger partial charge in [0.05, 0.1) is 18.2 Å². The average Bonchev–Trinajstić information content (AvgIpc) is 2.99. The normalized spacial score (nSPS) is 13.8. The molecular formula is C17H15N3O2. The number of nitrogens with zero attached hydrogens (tertiary/aromatic N) is 1. The van der Waals surface area contributed by atoms with Gasteiger partial charge >= 0.3 is 0 Å². The molecule has 0 fully saturated rings. The minimum Gasteiger partial charge on any atom is -0.497 e. The van der Waals surface area contributed by atoms with Crippen molar-refractivity contribution >= 4 is 16.8 Å². The molecule has 5 nitrogen and oxygen atoms in total. The van der Waals surface area contributed by atoms with Crippen molar-refractivity contribution in [1.29, 1.82) is 0 Å². The fourth-order valence-electron chi connectivity index (χ4n) is 2.93. The lowest BCUT2D eigenvalue weighted by atomic mass is 10.0. The first kappa shape index (κ1) is 12.9. The number of hydrogen-bond acceptors (Lipinski definition) is 3. The van der Waals surface area contributed by atoms with Crippen LogP contribution < -0.4 is 10.1 Å². The van der Waals surface area contributed by atoms with Crippen LogP contribution in [0.5, 0.6) is 5.75 Å². The summed E-state index contributed by atoms with van der Waals surface area (Å²) in [7, 11) is 1.65. The van der Waals surface area contributed by atoms with Gasteiger partial charge < -0.3 is 15.0 Å². The summed E-state index contributed by atoms with van der Waals surface area (Å²) in [6, 6.07) is 9.67. The Bertz CT molecular complexity index is 883. The van der Waals surface area contributed by atoms with E-state index in [9.17, 15) is 4.79 Å². The summed E-state index contributed by atoms with van der Waals surface area (Å²) in [6.45, 7) is 0.677. The van der Waals surface area contributed by atoms with Crippen molar-refractivity contribution in [1.82, 2.24) is 15.3 Å². The molecule has 3 heterocycles. The minimum absolute atomic E-state index is 0.0142. The SMILES string of the molecule is COc1ccc2nccc(-c3cc4c([nH]3)CCNC4=O)c2c1. The lowest BCUT2D eigenvalue weighted by Crippen LogP contribution is -2.31. The van der Waals surface area contributed by atoms with Crippen molar-refractivity contribution in [3.05, 3.63) is 47.8 Å². The Morgan fingerprint density at radius 1 is 1.18 bits per heavy atom. The third-order valence-corrected chi connectivity index (χ3v) is 4.04. The van der Waals surface area contributed by atoms with Gasteiger partial charge in [0.25, 0.3) is 5.91 Å². The molecule has 22 heavy (non-hydrogen) atoms. The van der Waals surface area contributed by atoms with Crippen LogP contribution in [0.25, 0.3) is 22.2 Å². The molecule has 0 saturated heterocycles. The van der Waals surface area contributed by atoms with Crippen molar-refractivity contribution in [2.45, 2.75) is 6.42 Å². The van der Waals surface area contributed by atoms with Crippen LogP contribution in [0.4, 0.5) is 0 Å². The molecule has 2 aromatic heterocycles. The van der Waals surface area contributed by atoms with E-state index < -0.39 is 0 Å². The maximum Gasteiger partial charge on any atom is 0.253 e. The summed E-state index contributed by atoms with van der Waals surface area (Å²) in [5.74, 6) is 0.774. The van der Waals surface area contributed by atoms with Gasteiger partial charge in [-0.15, -0.1) is 0 Å². The van der Waals surface area contributed by atoms with E-state index in [1.807, 2.05) is 30.3 Å². The van der Waals surface area contributed by atoms with Gasteiger partial charge in [0.15, 0.2) is 0 Å². The zero-order valence-corrected chi connectivity index (χ0v) is 12.1. The zero-order valence-electron chi connectivity index (χ0n) is 12.1. The second kappa shape index (κ2) is 4.87. The van der Waals surface area contributed by atoms with Crippen molar-refractivity contribution in [3.8, 4) is 17.0 Å². The van der Waals surface area contributed by atoms with Crippen LogP contribution in [0.2, 0.25) is 0 Å². The van der Waals surface area contributed by atoms with Crippen molar-refractivity contribution < 1.29 is 9.53 Å². The number of rotatable bonds is 2. The van der Waals surface area contributed by atoms with E-state index >= 15 is 0 Å². The fraction of sp³-hybridized carbons (Fsp3) is 0.176. The molecule has 4 rings (SSSR count). The molecule has 1 aliphatic heterocycles. The third kappa shape index (κ3) is 1.94. The van der Waals surface area contributed by atoms with E-state index in [0.29, 0.717) is 6.54 Å². The quantitative estimate of drug-likeness (QED) is 0.763. The number of fused-ring (bicyclic) bond motifs is 2. The molecule has 0 bridgehead atoms. The Morgan fingerprint density at radius 3 is 2.91 bits per heavy atom. The smallest absolute Gasteiger partial charge is 0.253 e. The molecule has 0 saturated carbocycles. The van der Waals surface area contributed by atoms with Gasteiger partial charge in [0, 0.05) is 41.5 Å². The van der Waals surface area contributed by atoms with E-state index in [0.717, 1.165) is 45.6 Å². The van der Waals surface area contributed by atoms with Gasteiger partial charge in [-0.25, -0.2) is 0 Å². The van der Waals surface area contributed by atoms with Gasteiger partial charge in [0.2, 0.25) is 0 Å². The number of hydrogen-bond donors (Lipinski definition) is 2. The maximum atomic E-state index is 11.9. The molecule has 1 aliphatic rings. The van der Waals surface area contributed by atoms with Gasteiger partial charge in [-0.3, -0.25) is 9.78 Å². The van der Waals surface area contributed by atoms with E-state index in [4.69, 9.17) is 4.74 Å². The summed E-state index contributed by atoms with van der Waals surface area (Å²) in [6.07, 6.45) is 2.61. The molecule has 0 radical (unpaired) electrons. The number of ether oxygens (including phenoxy) is 1. The highest BCUT2D eigenvalue weighted by molar-refractivity contribution is 6.00. The first-order chi connectivity index (χ1) is 10.8. The number of benzene rings is 1. The summed E-state index contributed by atoms with van der Waals surface area (Å²) in [5, 5.41) is 3.87. The summed E-state index contributed by atoms with van der Waals surface area (Å²) in [4.78, 5) is 19.7. The molecule has 1 amide bonds. The largest absolute Gasteiger partial charge is 0.497 e. The molecule has 0 aliphatic carbocycles. The van der Waals surface area contributed by atoms with Crippen molar-refractivity contribution in [2.24, 2.45) is 0 Å². The highest BCUT2D eigenvalue weighted by Gasteiger charge is 2.20. The molecule has 1 aromatic carbocycles. The highest BCUT2D eigenvalue weighted by Crippen LogP contribution is 2.31. The van der Waals surface area contributed by atoms with Gasteiger partial charge in [-0.2, -0.15) is 0 Å². The molecular weight excluding hydrogens is 278 g/mol. The van der Waals surface area contributed by atoms with Gasteiger partial charge in [0.1, 0.15) is 5.75 Å². The summed E-state index contributed by atoms with van der Waals surface area (Å²) >= 11 is 0. The minimum atomic E-state index is -0.0142. The predicted octanol–water partition coefficient (Wildman–Crippen LogP) is 2.52. The standard InChI is InChI=1S/C17H15N3O2/c1-22-10-2-3-14-12(8-10)11(4-6-18-14)16-9-13-15(20-16)5-7-19-17(13)21/h2-4,6,8-9,20H,5,7H2,1H3,(H,19,21). The number of nitrogens with one attached hydrogen (secondary N) is 2. The molecule has 110 valence electrons. The van der Waals surface area contributed by atoms with Crippen molar-refractivity contribution in [3.63, 3.8) is 0 Å². The Kier molecular flexibility index (Phi) is 2.85. The van der Waals surface area contributed by atoms with E-state index in [1.165, 1.54) is 0 Å². The Morgan fingerprint density at radius 2 is 2.09 bits per heavy atom. The zero-order chi connectivity index (χ0) is 15.1. The highest BCUT2D eigenvalue weighted by atomic mass is 16.5. The lowest BCUT2D eigenvalue weighted by molar-refractivity contribution is 0.0946. The number of carbonyl (C=O) groups is 1. The molecule has 0 spiro atoms. The maximum absolute atomic E-state index is 11.9. The molecule has 0 atom stereocenters. The van der Waals surface area contributed by atoms with Gasteiger partial charge in [-0.1, -0.05) is 0 Å². The Hall–Kier alpha value is -2.82. The number of H-pyrrole nitrogens is 1. The van der Waals surface area contributed by atoms with E-state index in [-0.39, 0.29) is 5.91 Å². The first-order valence-electron chi connectivity index (χ1n) is 7.19. The first-order valence-corrected chi connectivity index (χ1v) is 7.19. The van der Waals surface area contributed by atoms with E-state index in [1.54, 1.807) is 13.3 Å². The average molecular weight is 293 g/mol. The van der Waals surface area contributed by atoms with Crippen LogP contribution >= 0.6 is 0 Å². The van der Waals surface area contributed by atoms with E-state index in [2.05, 4.69) is 15.3 Å². The number of carbonyl (C=O) groups excluding carboxylic acids is 1. The van der Waals surface area contributed by atoms with Crippen LogP contribution in [0.3, 0.4) is 0 Å².